The lowest BCUT2D eigenvalue weighted by atomic mass is 9.90. The third-order valence-electron chi connectivity index (χ3n) is 3.86. The van der Waals surface area contributed by atoms with E-state index in [1.807, 2.05) is 25.1 Å². The molecule has 1 unspecified atom stereocenters. The summed E-state index contributed by atoms with van der Waals surface area (Å²) in [5.41, 5.74) is 2.83. The van der Waals surface area contributed by atoms with Crippen LogP contribution in [0, 0.1) is 6.92 Å². The molecule has 0 saturated carbocycles. The van der Waals surface area contributed by atoms with Crippen molar-refractivity contribution < 1.29 is 19.8 Å². The van der Waals surface area contributed by atoms with Gasteiger partial charge in [-0.3, -0.25) is 4.79 Å². The molecule has 0 bridgehead atoms. The largest absolute Gasteiger partial charge is 0.480 e. The molecule has 6 nitrogen and oxygen atoms in total. The highest BCUT2D eigenvalue weighted by Crippen LogP contribution is 2.29. The van der Waals surface area contributed by atoms with E-state index in [2.05, 4.69) is 5.32 Å². The normalized spacial score (nSPS) is 18.3. The number of hydrogen-bond acceptors (Lipinski definition) is 3. The van der Waals surface area contributed by atoms with Crippen molar-refractivity contribution in [3.05, 3.63) is 29.3 Å². The van der Waals surface area contributed by atoms with E-state index in [0.717, 1.165) is 29.7 Å². The van der Waals surface area contributed by atoms with E-state index in [1.165, 1.54) is 4.90 Å². The molecule has 6 heteroatoms. The van der Waals surface area contributed by atoms with Crippen LogP contribution in [-0.4, -0.2) is 46.8 Å². The van der Waals surface area contributed by atoms with Gasteiger partial charge in [0.05, 0.1) is 0 Å². The van der Waals surface area contributed by atoms with Crippen molar-refractivity contribution in [1.82, 2.24) is 4.90 Å². The van der Waals surface area contributed by atoms with Gasteiger partial charge in [0.2, 0.25) is 0 Å². The van der Waals surface area contributed by atoms with E-state index in [-0.39, 0.29) is 12.5 Å². The van der Waals surface area contributed by atoms with Gasteiger partial charge in [-0.1, -0.05) is 12.1 Å². The SMILES string of the molecule is Cc1ccc(C2CCCN(C(=O)O)C2)cc1NCC(=O)O. The Morgan fingerprint density at radius 3 is 2.81 bits per heavy atom. The van der Waals surface area contributed by atoms with Gasteiger partial charge in [-0.05, 0) is 37.0 Å². The number of benzene rings is 1. The highest BCUT2D eigenvalue weighted by Gasteiger charge is 2.24. The Bertz CT molecular complexity index is 544. The van der Waals surface area contributed by atoms with Gasteiger partial charge in [0.1, 0.15) is 6.54 Å². The topological polar surface area (TPSA) is 89.9 Å². The monoisotopic (exact) mass is 292 g/mol. The van der Waals surface area contributed by atoms with Crippen LogP contribution < -0.4 is 5.32 Å². The van der Waals surface area contributed by atoms with Crippen molar-refractivity contribution >= 4 is 17.7 Å². The number of likely N-dealkylation sites (tertiary alicyclic amines) is 1. The summed E-state index contributed by atoms with van der Waals surface area (Å²) in [5, 5.41) is 20.7. The molecule has 1 aliphatic rings. The summed E-state index contributed by atoms with van der Waals surface area (Å²) in [4.78, 5) is 23.2. The third-order valence-corrected chi connectivity index (χ3v) is 3.86. The van der Waals surface area contributed by atoms with Crippen LogP contribution in [0.25, 0.3) is 0 Å². The van der Waals surface area contributed by atoms with Gasteiger partial charge >= 0.3 is 12.1 Å². The highest BCUT2D eigenvalue weighted by molar-refractivity contribution is 5.73. The number of amides is 1. The van der Waals surface area contributed by atoms with Crippen LogP contribution in [0.4, 0.5) is 10.5 Å². The Labute approximate surface area is 123 Å². The molecule has 1 amide bonds. The second kappa shape index (κ2) is 6.47. The number of carboxylic acids is 1. The number of aryl methyl sites for hydroxylation is 1. The summed E-state index contributed by atoms with van der Waals surface area (Å²) in [6.45, 7) is 2.87. The standard InChI is InChI=1S/C15H20N2O4/c1-10-4-5-11(7-13(10)16-8-14(18)19)12-3-2-6-17(9-12)15(20)21/h4-5,7,12,16H,2-3,6,8-9H2,1H3,(H,18,19)(H,20,21). The summed E-state index contributed by atoms with van der Waals surface area (Å²) in [6.07, 6.45) is 0.921. The van der Waals surface area contributed by atoms with Gasteiger partial charge in [0.25, 0.3) is 0 Å². The van der Waals surface area contributed by atoms with Gasteiger partial charge in [0.15, 0.2) is 0 Å². The van der Waals surface area contributed by atoms with E-state index in [0.29, 0.717) is 13.1 Å². The van der Waals surface area contributed by atoms with E-state index < -0.39 is 12.1 Å². The predicted octanol–water partition coefficient (Wildman–Crippen LogP) is 2.35. The number of piperidine rings is 1. The lowest BCUT2D eigenvalue weighted by Crippen LogP contribution is -2.38. The summed E-state index contributed by atoms with van der Waals surface area (Å²) in [6, 6.07) is 5.88. The van der Waals surface area contributed by atoms with Crippen LogP contribution in [-0.2, 0) is 4.79 Å². The van der Waals surface area contributed by atoms with Crippen LogP contribution in [0.1, 0.15) is 29.9 Å². The summed E-state index contributed by atoms with van der Waals surface area (Å²) >= 11 is 0. The first-order valence-corrected chi connectivity index (χ1v) is 7.01. The summed E-state index contributed by atoms with van der Waals surface area (Å²) in [5.74, 6) is -0.740. The molecule has 0 aliphatic carbocycles. The Kier molecular flexibility index (Phi) is 4.67. The molecule has 1 aromatic carbocycles. The van der Waals surface area contributed by atoms with Crippen molar-refractivity contribution in [1.29, 1.82) is 0 Å². The Morgan fingerprint density at radius 2 is 2.14 bits per heavy atom. The third kappa shape index (κ3) is 3.87. The van der Waals surface area contributed by atoms with Crippen molar-refractivity contribution in [2.24, 2.45) is 0 Å². The number of rotatable bonds is 4. The zero-order valence-corrected chi connectivity index (χ0v) is 12.0. The molecular weight excluding hydrogens is 272 g/mol. The van der Waals surface area contributed by atoms with E-state index in [9.17, 15) is 9.59 Å². The molecule has 0 spiro atoms. The van der Waals surface area contributed by atoms with Gasteiger partial charge < -0.3 is 20.4 Å². The average molecular weight is 292 g/mol. The molecule has 1 heterocycles. The van der Waals surface area contributed by atoms with Gasteiger partial charge in [-0.15, -0.1) is 0 Å². The van der Waals surface area contributed by atoms with Crippen LogP contribution in [0.5, 0.6) is 0 Å². The second-order valence-corrected chi connectivity index (χ2v) is 5.39. The first-order valence-electron chi connectivity index (χ1n) is 7.01. The Balaban J connectivity index is 2.14. The Hall–Kier alpha value is -2.24. The second-order valence-electron chi connectivity index (χ2n) is 5.39. The maximum absolute atomic E-state index is 11.1. The molecule has 1 aromatic rings. The lowest BCUT2D eigenvalue weighted by Gasteiger charge is -2.31. The van der Waals surface area contributed by atoms with Crippen LogP contribution in [0.2, 0.25) is 0 Å². The van der Waals surface area contributed by atoms with Crippen molar-refractivity contribution in [3.63, 3.8) is 0 Å². The van der Waals surface area contributed by atoms with Gasteiger partial charge in [-0.2, -0.15) is 0 Å². The molecule has 0 aromatic heterocycles. The van der Waals surface area contributed by atoms with Crippen molar-refractivity contribution in [2.45, 2.75) is 25.7 Å². The molecule has 1 atom stereocenters. The highest BCUT2D eigenvalue weighted by atomic mass is 16.4. The quantitative estimate of drug-likeness (QED) is 0.792. The molecule has 3 N–H and O–H groups in total. The molecule has 2 rings (SSSR count). The van der Waals surface area contributed by atoms with Crippen LogP contribution >= 0.6 is 0 Å². The van der Waals surface area contributed by atoms with Crippen molar-refractivity contribution in [3.8, 4) is 0 Å². The number of carbonyl (C=O) groups is 2. The molecule has 1 saturated heterocycles. The fourth-order valence-corrected chi connectivity index (χ4v) is 2.68. The van der Waals surface area contributed by atoms with E-state index >= 15 is 0 Å². The average Bonchev–Trinajstić information content (AvgIpc) is 2.46. The molecule has 1 aliphatic heterocycles. The predicted molar refractivity (Wildman–Crippen MR) is 78.9 cm³/mol. The maximum atomic E-state index is 11.1. The van der Waals surface area contributed by atoms with Crippen LogP contribution in [0.3, 0.4) is 0 Å². The Morgan fingerprint density at radius 1 is 1.38 bits per heavy atom. The van der Waals surface area contributed by atoms with E-state index in [1.54, 1.807) is 0 Å². The van der Waals surface area contributed by atoms with Gasteiger partial charge in [0, 0.05) is 24.7 Å². The number of hydrogen-bond donors (Lipinski definition) is 3. The zero-order chi connectivity index (χ0) is 15.4. The molecular formula is C15H20N2O4. The molecule has 114 valence electrons. The van der Waals surface area contributed by atoms with Crippen LogP contribution in [0.15, 0.2) is 18.2 Å². The fourth-order valence-electron chi connectivity index (χ4n) is 2.68. The summed E-state index contributed by atoms with van der Waals surface area (Å²) < 4.78 is 0. The first kappa shape index (κ1) is 15.2. The number of nitrogens with one attached hydrogen (secondary N) is 1. The first-order chi connectivity index (χ1) is 9.97. The van der Waals surface area contributed by atoms with E-state index in [4.69, 9.17) is 10.2 Å². The smallest absolute Gasteiger partial charge is 0.407 e. The lowest BCUT2D eigenvalue weighted by molar-refractivity contribution is -0.134. The molecule has 0 radical (unpaired) electrons. The van der Waals surface area contributed by atoms with Gasteiger partial charge in [-0.25, -0.2) is 4.79 Å². The fraction of sp³-hybridized carbons (Fsp3) is 0.467. The molecule has 1 fully saturated rings. The number of carboxylic acid groups (broad SMARTS) is 2. The number of nitrogens with zero attached hydrogens (tertiary/aromatic N) is 1. The minimum atomic E-state index is -0.908. The van der Waals surface area contributed by atoms with Crippen molar-refractivity contribution in [2.75, 3.05) is 25.0 Å². The zero-order valence-electron chi connectivity index (χ0n) is 12.0. The summed E-state index contributed by atoms with van der Waals surface area (Å²) in [7, 11) is 0. The maximum Gasteiger partial charge on any atom is 0.407 e. The number of anilines is 1. The minimum absolute atomic E-state index is 0.129. The number of aliphatic carboxylic acids is 1. The minimum Gasteiger partial charge on any atom is -0.480 e. The molecule has 21 heavy (non-hydrogen) atoms.